The van der Waals surface area contributed by atoms with Gasteiger partial charge in [0, 0.05) is 23.3 Å². The molecule has 6 rings (SSSR count). The highest BCUT2D eigenvalue weighted by Crippen LogP contribution is 2.35. The number of aromatic nitrogens is 1. The Kier molecular flexibility index (Phi) is 5.04. The number of nitrogens with zero attached hydrogens (tertiary/aromatic N) is 2. The molecule has 4 aromatic rings. The van der Waals surface area contributed by atoms with Crippen molar-refractivity contribution < 1.29 is 0 Å². The van der Waals surface area contributed by atoms with Gasteiger partial charge in [-0.05, 0) is 53.1 Å². The van der Waals surface area contributed by atoms with Crippen molar-refractivity contribution in [1.82, 2.24) is 4.98 Å². The Balaban J connectivity index is 1.45. The van der Waals surface area contributed by atoms with Crippen molar-refractivity contribution in [1.29, 1.82) is 0 Å². The van der Waals surface area contributed by atoms with Gasteiger partial charge in [-0.15, -0.1) is 0 Å². The third-order valence-electron chi connectivity index (χ3n) is 6.82. The van der Waals surface area contributed by atoms with Gasteiger partial charge in [0.05, 0.1) is 6.04 Å². The van der Waals surface area contributed by atoms with Gasteiger partial charge in [-0.25, -0.2) is 0 Å². The van der Waals surface area contributed by atoms with Crippen LogP contribution < -0.4 is 20.5 Å². The fourth-order valence-corrected chi connectivity index (χ4v) is 8.60. The molecule has 0 amide bonds. The largest absolute Gasteiger partial charge is 0.334 e. The van der Waals surface area contributed by atoms with Gasteiger partial charge in [-0.1, -0.05) is 96.2 Å². The van der Waals surface area contributed by atoms with Gasteiger partial charge in [0.15, 0.2) is 0 Å². The molecule has 0 saturated heterocycles. The minimum Gasteiger partial charge on any atom is -0.334 e. The Hall–Kier alpha value is -3.69. The molecule has 1 unspecified atom stereocenters. The van der Waals surface area contributed by atoms with Crippen LogP contribution in [-0.4, -0.2) is 19.8 Å². The predicted molar refractivity (Wildman–Crippen MR) is 142 cm³/mol. The number of rotatable bonds is 3. The average Bonchev–Trinajstić information content (AvgIpc) is 2.88. The second kappa shape index (κ2) is 8.34. The number of aryl methyl sites for hydroxylation is 1. The summed E-state index contributed by atoms with van der Waals surface area (Å²) in [5.41, 5.74) is 6.32. The van der Waals surface area contributed by atoms with E-state index in [0.29, 0.717) is 0 Å². The molecule has 3 heteroatoms. The summed E-state index contributed by atoms with van der Waals surface area (Å²) in [6.07, 6.45) is 9.78. The van der Waals surface area contributed by atoms with E-state index in [-0.39, 0.29) is 6.04 Å². The average molecular weight is 443 g/mol. The maximum absolute atomic E-state index is 4.53. The van der Waals surface area contributed by atoms with Crippen molar-refractivity contribution in [3.63, 3.8) is 0 Å². The number of allylic oxidation sites excluding steroid dienone is 2. The number of fused-ring (bicyclic) bond motifs is 2. The minimum atomic E-state index is -1.54. The van der Waals surface area contributed by atoms with E-state index in [1.165, 1.54) is 38.1 Å². The summed E-state index contributed by atoms with van der Waals surface area (Å²) in [5, 5.41) is 4.48. The number of pyridine rings is 1. The molecule has 0 N–H and O–H groups in total. The molecule has 1 atom stereocenters. The standard InChI is InChI=1S/C30H26N2Si/c1-22-18-19-24(21-31-22)23-10-9-11-25(20-23)32-27-14-5-7-16-29(27)33(26-12-3-2-4-13-26)30-17-8-6-15-28(30)32/h2-19,21,25,33H,20H2,1H3. The van der Waals surface area contributed by atoms with Gasteiger partial charge >= 0.3 is 0 Å². The van der Waals surface area contributed by atoms with Crippen molar-refractivity contribution in [2.24, 2.45) is 0 Å². The zero-order chi connectivity index (χ0) is 22.2. The Bertz CT molecular complexity index is 1310. The summed E-state index contributed by atoms with van der Waals surface area (Å²) in [6.45, 7) is 2.04. The predicted octanol–water partition coefficient (Wildman–Crippen LogP) is 4.50. The third kappa shape index (κ3) is 3.55. The summed E-state index contributed by atoms with van der Waals surface area (Å²) in [4.78, 5) is 7.11. The summed E-state index contributed by atoms with van der Waals surface area (Å²) in [5.74, 6) is 0. The van der Waals surface area contributed by atoms with Crippen molar-refractivity contribution in [3.05, 3.63) is 127 Å². The van der Waals surface area contributed by atoms with Crippen LogP contribution in [0.2, 0.25) is 0 Å². The quantitative estimate of drug-likeness (QED) is 0.434. The number of hydrogen-bond acceptors (Lipinski definition) is 2. The SMILES string of the molecule is Cc1ccc(C2=CC=CC(N3c4ccccc4[SiH](c4ccccc4)c4ccccc43)C2)cn1. The first kappa shape index (κ1) is 20.0. The number of para-hydroxylation sites is 2. The lowest BCUT2D eigenvalue weighted by molar-refractivity contribution is 0.797. The van der Waals surface area contributed by atoms with Crippen LogP contribution in [0.15, 0.2) is 115 Å². The third-order valence-corrected chi connectivity index (χ3v) is 10.1. The highest BCUT2D eigenvalue weighted by atomic mass is 28.3. The van der Waals surface area contributed by atoms with E-state index >= 15 is 0 Å². The molecule has 2 nitrogen and oxygen atoms in total. The van der Waals surface area contributed by atoms with E-state index in [4.69, 9.17) is 0 Å². The Labute approximate surface area is 197 Å². The topological polar surface area (TPSA) is 16.1 Å². The molecule has 3 aromatic carbocycles. The Morgan fingerprint density at radius 1 is 0.788 bits per heavy atom. The lowest BCUT2D eigenvalue weighted by Crippen LogP contribution is -2.59. The molecular weight excluding hydrogens is 416 g/mol. The zero-order valence-electron chi connectivity index (χ0n) is 18.7. The minimum absolute atomic E-state index is 0.263. The fraction of sp³-hybridized carbons (Fsp3) is 0.100. The monoisotopic (exact) mass is 442 g/mol. The zero-order valence-corrected chi connectivity index (χ0v) is 19.9. The molecule has 0 radical (unpaired) electrons. The smallest absolute Gasteiger partial charge is 0.138 e. The summed E-state index contributed by atoms with van der Waals surface area (Å²) in [6, 6.07) is 33.8. The van der Waals surface area contributed by atoms with Crippen LogP contribution in [0, 0.1) is 6.92 Å². The highest BCUT2D eigenvalue weighted by Gasteiger charge is 2.35. The second-order valence-corrected chi connectivity index (χ2v) is 11.6. The van der Waals surface area contributed by atoms with Crippen LogP contribution in [0.1, 0.15) is 17.7 Å². The molecule has 0 spiro atoms. The van der Waals surface area contributed by atoms with Crippen LogP contribution in [0.5, 0.6) is 0 Å². The van der Waals surface area contributed by atoms with Crippen molar-refractivity contribution in [2.75, 3.05) is 4.90 Å². The van der Waals surface area contributed by atoms with Gasteiger partial charge < -0.3 is 4.90 Å². The van der Waals surface area contributed by atoms with E-state index in [9.17, 15) is 0 Å². The van der Waals surface area contributed by atoms with Gasteiger partial charge in [0.1, 0.15) is 8.80 Å². The summed E-state index contributed by atoms with van der Waals surface area (Å²) >= 11 is 0. The van der Waals surface area contributed by atoms with Crippen molar-refractivity contribution in [2.45, 2.75) is 19.4 Å². The van der Waals surface area contributed by atoms with E-state index < -0.39 is 8.80 Å². The van der Waals surface area contributed by atoms with Crippen LogP contribution in [0.4, 0.5) is 11.4 Å². The Morgan fingerprint density at radius 3 is 2.12 bits per heavy atom. The second-order valence-electron chi connectivity index (χ2n) is 8.87. The fourth-order valence-electron chi connectivity index (χ4n) is 5.27. The van der Waals surface area contributed by atoms with Gasteiger partial charge in [0.25, 0.3) is 0 Å². The van der Waals surface area contributed by atoms with Crippen LogP contribution in [0.25, 0.3) is 5.57 Å². The highest BCUT2D eigenvalue weighted by molar-refractivity contribution is 6.97. The van der Waals surface area contributed by atoms with E-state index in [1.807, 2.05) is 13.1 Å². The molecule has 2 aliphatic rings. The molecule has 2 heterocycles. The van der Waals surface area contributed by atoms with E-state index in [2.05, 4.69) is 119 Å². The van der Waals surface area contributed by atoms with Crippen LogP contribution in [0.3, 0.4) is 0 Å². The molecule has 0 saturated carbocycles. The number of hydrogen-bond donors (Lipinski definition) is 0. The van der Waals surface area contributed by atoms with Crippen molar-refractivity contribution >= 4 is 41.3 Å². The molecule has 160 valence electrons. The Morgan fingerprint density at radius 2 is 1.45 bits per heavy atom. The van der Waals surface area contributed by atoms with Gasteiger partial charge in [-0.3, -0.25) is 4.98 Å². The lowest BCUT2D eigenvalue weighted by Gasteiger charge is -2.42. The maximum Gasteiger partial charge on any atom is 0.138 e. The maximum atomic E-state index is 4.53. The van der Waals surface area contributed by atoms with E-state index in [1.54, 1.807) is 0 Å². The van der Waals surface area contributed by atoms with E-state index in [0.717, 1.165) is 12.1 Å². The van der Waals surface area contributed by atoms with Crippen LogP contribution >= 0.6 is 0 Å². The number of anilines is 2. The summed E-state index contributed by atoms with van der Waals surface area (Å²) in [7, 11) is -1.54. The summed E-state index contributed by atoms with van der Waals surface area (Å²) < 4.78 is 0. The molecule has 0 fully saturated rings. The molecule has 0 bridgehead atoms. The van der Waals surface area contributed by atoms with Crippen LogP contribution in [-0.2, 0) is 0 Å². The normalized spacial score (nSPS) is 17.3. The van der Waals surface area contributed by atoms with Gasteiger partial charge in [-0.2, -0.15) is 0 Å². The first-order valence-corrected chi connectivity index (χ1v) is 13.4. The first-order chi connectivity index (χ1) is 16.3. The molecule has 1 aliphatic heterocycles. The molecule has 1 aromatic heterocycles. The molecule has 1 aliphatic carbocycles. The lowest BCUT2D eigenvalue weighted by atomic mass is 9.93. The van der Waals surface area contributed by atoms with Gasteiger partial charge in [0.2, 0.25) is 0 Å². The first-order valence-electron chi connectivity index (χ1n) is 11.6. The molecule has 33 heavy (non-hydrogen) atoms. The van der Waals surface area contributed by atoms with Crippen molar-refractivity contribution in [3.8, 4) is 0 Å². The molecular formula is C30H26N2Si. The number of benzene rings is 3.